The molecular formula is C29H32F4O10. The number of aliphatic carboxylic acids is 1. The first-order chi connectivity index (χ1) is 19.6. The van der Waals surface area contributed by atoms with Crippen LogP contribution in [0.1, 0.15) is 79.3 Å². The van der Waals surface area contributed by atoms with Gasteiger partial charge in [0.1, 0.15) is 28.9 Å². The van der Waals surface area contributed by atoms with Gasteiger partial charge in [-0.05, 0) is 50.5 Å². The van der Waals surface area contributed by atoms with E-state index in [0.717, 1.165) is 38.5 Å². The number of carbonyl (C=O) groups is 4. The third-order valence-corrected chi connectivity index (χ3v) is 5.19. The molecule has 0 spiro atoms. The molecule has 0 aliphatic rings. The summed E-state index contributed by atoms with van der Waals surface area (Å²) < 4.78 is 69.6. The van der Waals surface area contributed by atoms with E-state index >= 15 is 0 Å². The topological polar surface area (TPSA) is 150 Å². The van der Waals surface area contributed by atoms with Crippen LogP contribution in [0.3, 0.4) is 0 Å². The summed E-state index contributed by atoms with van der Waals surface area (Å²) in [6.07, 6.45) is -0.529. The first kappa shape index (κ1) is 38.4. The molecule has 0 radical (unpaired) electrons. The molecule has 0 fully saturated rings. The molecule has 1 atom stereocenters. The fourth-order valence-corrected chi connectivity index (χ4v) is 3.52. The molecule has 0 aromatic heterocycles. The number of carboxylic acids is 1. The summed E-state index contributed by atoms with van der Waals surface area (Å²) in [7, 11) is 2.19. The number of esters is 3. The van der Waals surface area contributed by atoms with Crippen LogP contribution < -0.4 is 0 Å². The molecule has 2 aromatic carbocycles. The number of hydrogen-bond acceptors (Lipinski definition) is 9. The van der Waals surface area contributed by atoms with Crippen LogP contribution in [-0.4, -0.2) is 55.0 Å². The van der Waals surface area contributed by atoms with Gasteiger partial charge in [0.15, 0.2) is 0 Å². The largest absolute Gasteiger partial charge is 0.481 e. The number of rotatable bonds is 6. The number of methoxy groups -OCH3 is 2. The molecule has 43 heavy (non-hydrogen) atoms. The van der Waals surface area contributed by atoms with E-state index in [1.54, 1.807) is 41.5 Å². The molecular weight excluding hydrogens is 584 g/mol. The average molecular weight is 617 g/mol. The smallest absolute Gasteiger partial charge is 0.373 e. The molecule has 14 heteroatoms. The van der Waals surface area contributed by atoms with Crippen molar-refractivity contribution in [2.24, 2.45) is 5.41 Å². The third-order valence-electron chi connectivity index (χ3n) is 5.19. The summed E-state index contributed by atoms with van der Waals surface area (Å²) in [6, 6.07) is 3.22. The van der Waals surface area contributed by atoms with Crippen LogP contribution in [0.4, 0.5) is 17.6 Å². The molecule has 0 heterocycles. The van der Waals surface area contributed by atoms with Gasteiger partial charge in [0, 0.05) is 11.1 Å². The Morgan fingerprint density at radius 2 is 1.12 bits per heavy atom. The molecule has 0 aliphatic heterocycles. The molecule has 0 aliphatic carbocycles. The summed E-state index contributed by atoms with van der Waals surface area (Å²) in [6.45, 7) is 10.1. The predicted octanol–water partition coefficient (Wildman–Crippen LogP) is 5.02. The highest BCUT2D eigenvalue weighted by molar-refractivity contribution is 5.90. The van der Waals surface area contributed by atoms with Gasteiger partial charge in [-0.1, -0.05) is 20.8 Å². The Hall–Kier alpha value is -4.58. The van der Waals surface area contributed by atoms with E-state index in [1.807, 2.05) is 0 Å². The number of carbonyl (C=O) groups excluding carboxylic acids is 5. The molecule has 0 amide bonds. The standard InChI is InChI=1S/C18H24F2O4.C10H8F2O4.CO2/c1-17(2,3)14(16(22)24-18(4,5)6)13-11(19)8-10(9-12(13)20)15(21)23-7;1-16-10(15)5-2-7(11)6(4-9(13)14)8(12)3-5;2-1-3/h8-9,14H,1-7H3;2-3H,4H2,1H3,(H,13,14);. The fraction of sp³-hybridized carbons (Fsp3) is 0.414. The SMILES string of the molecule is COC(=O)c1cc(F)c(C(C(=O)OC(C)(C)C)C(C)(C)C)c(F)c1.COC(=O)c1cc(F)c(CC(=O)O)c(F)c1.O=C=O. The van der Waals surface area contributed by atoms with Crippen molar-refractivity contribution in [3.63, 3.8) is 0 Å². The zero-order valence-corrected chi connectivity index (χ0v) is 24.7. The van der Waals surface area contributed by atoms with Crippen molar-refractivity contribution in [1.29, 1.82) is 0 Å². The Bertz CT molecular complexity index is 1320. The van der Waals surface area contributed by atoms with Crippen molar-refractivity contribution >= 4 is 30.0 Å². The molecule has 10 nitrogen and oxygen atoms in total. The second-order valence-corrected chi connectivity index (χ2v) is 10.7. The second kappa shape index (κ2) is 16.2. The average Bonchev–Trinajstić information content (AvgIpc) is 2.85. The Kier molecular flexibility index (Phi) is 14.4. The fourth-order valence-electron chi connectivity index (χ4n) is 3.52. The number of halogens is 4. The minimum absolute atomic E-state index is 0.250. The quantitative estimate of drug-likeness (QED) is 0.266. The lowest BCUT2D eigenvalue weighted by molar-refractivity contribution is -0.191. The highest BCUT2D eigenvalue weighted by Gasteiger charge is 2.40. The van der Waals surface area contributed by atoms with Gasteiger partial charge < -0.3 is 19.3 Å². The van der Waals surface area contributed by atoms with E-state index in [1.165, 1.54) is 0 Å². The van der Waals surface area contributed by atoms with Crippen LogP contribution in [0.2, 0.25) is 0 Å². The summed E-state index contributed by atoms with van der Waals surface area (Å²) in [4.78, 5) is 61.6. The predicted molar refractivity (Wildman–Crippen MR) is 140 cm³/mol. The maximum absolute atomic E-state index is 14.5. The van der Waals surface area contributed by atoms with Crippen LogP contribution >= 0.6 is 0 Å². The first-order valence-corrected chi connectivity index (χ1v) is 12.2. The van der Waals surface area contributed by atoms with Crippen molar-refractivity contribution in [2.45, 2.75) is 59.5 Å². The highest BCUT2D eigenvalue weighted by atomic mass is 19.1. The lowest BCUT2D eigenvalue weighted by Crippen LogP contribution is -2.35. The Labute approximate surface area is 244 Å². The lowest BCUT2D eigenvalue weighted by Gasteiger charge is -2.32. The van der Waals surface area contributed by atoms with E-state index in [2.05, 4.69) is 9.47 Å². The Balaban J connectivity index is 0.000000800. The van der Waals surface area contributed by atoms with E-state index < -0.39 is 81.6 Å². The highest BCUT2D eigenvalue weighted by Crippen LogP contribution is 2.40. The van der Waals surface area contributed by atoms with Gasteiger partial charge in [-0.15, -0.1) is 0 Å². The molecule has 0 bridgehead atoms. The van der Waals surface area contributed by atoms with Crippen molar-refractivity contribution in [2.75, 3.05) is 14.2 Å². The Morgan fingerprint density at radius 3 is 1.40 bits per heavy atom. The normalized spacial score (nSPS) is 11.3. The van der Waals surface area contributed by atoms with Gasteiger partial charge in [0.2, 0.25) is 0 Å². The number of benzene rings is 2. The van der Waals surface area contributed by atoms with E-state index in [4.69, 9.17) is 19.4 Å². The van der Waals surface area contributed by atoms with E-state index in [-0.39, 0.29) is 17.3 Å². The van der Waals surface area contributed by atoms with Gasteiger partial charge in [0.05, 0.1) is 37.7 Å². The van der Waals surface area contributed by atoms with Crippen molar-refractivity contribution in [3.8, 4) is 0 Å². The number of hydrogen-bond donors (Lipinski definition) is 1. The third kappa shape index (κ3) is 12.0. The number of carboxylic acid groups (broad SMARTS) is 1. The van der Waals surface area contributed by atoms with Crippen LogP contribution in [-0.2, 0) is 39.8 Å². The lowest BCUT2D eigenvalue weighted by atomic mass is 9.75. The van der Waals surface area contributed by atoms with Gasteiger partial charge >= 0.3 is 30.0 Å². The molecule has 2 aromatic rings. The van der Waals surface area contributed by atoms with E-state index in [9.17, 15) is 36.7 Å². The van der Waals surface area contributed by atoms with Crippen molar-refractivity contribution in [3.05, 3.63) is 69.8 Å². The van der Waals surface area contributed by atoms with Crippen LogP contribution in [0.5, 0.6) is 0 Å². The minimum atomic E-state index is -1.36. The van der Waals surface area contributed by atoms with Crippen LogP contribution in [0.25, 0.3) is 0 Å². The zero-order chi connectivity index (χ0) is 33.9. The maximum atomic E-state index is 14.5. The summed E-state index contributed by atoms with van der Waals surface area (Å²) >= 11 is 0. The maximum Gasteiger partial charge on any atom is 0.373 e. The molecule has 0 saturated heterocycles. The van der Waals surface area contributed by atoms with Gasteiger partial charge in [-0.2, -0.15) is 9.59 Å². The summed E-state index contributed by atoms with van der Waals surface area (Å²) in [5, 5.41) is 8.42. The second-order valence-electron chi connectivity index (χ2n) is 10.7. The van der Waals surface area contributed by atoms with E-state index in [0.29, 0.717) is 0 Å². The van der Waals surface area contributed by atoms with Gasteiger partial charge in [-0.25, -0.2) is 27.2 Å². The van der Waals surface area contributed by atoms with Crippen molar-refractivity contribution < 1.29 is 65.6 Å². The number of ether oxygens (including phenoxy) is 3. The van der Waals surface area contributed by atoms with Crippen molar-refractivity contribution in [1.82, 2.24) is 0 Å². The molecule has 2 rings (SSSR count). The summed E-state index contributed by atoms with van der Waals surface area (Å²) in [5.74, 6) is -9.12. The summed E-state index contributed by atoms with van der Waals surface area (Å²) in [5.41, 5.74) is -3.14. The monoisotopic (exact) mass is 616 g/mol. The van der Waals surface area contributed by atoms with Gasteiger partial charge in [0.25, 0.3) is 0 Å². The van der Waals surface area contributed by atoms with Crippen LogP contribution in [0.15, 0.2) is 24.3 Å². The molecule has 1 unspecified atom stereocenters. The molecule has 236 valence electrons. The molecule has 0 saturated carbocycles. The zero-order valence-electron chi connectivity index (χ0n) is 24.7. The van der Waals surface area contributed by atoms with Gasteiger partial charge in [-0.3, -0.25) is 9.59 Å². The Morgan fingerprint density at radius 1 is 0.767 bits per heavy atom. The first-order valence-electron chi connectivity index (χ1n) is 12.2. The van der Waals surface area contributed by atoms with Crippen LogP contribution in [0, 0.1) is 28.7 Å². The minimum Gasteiger partial charge on any atom is -0.481 e. The molecule has 1 N–H and O–H groups in total.